The number of likely N-dealkylation sites (tertiary alicyclic amines) is 2. The van der Waals surface area contributed by atoms with Crippen LogP contribution in [0.2, 0.25) is 0 Å². The lowest BCUT2D eigenvalue weighted by atomic mass is 10.1. The smallest absolute Gasteiger partial charge is 0.200 e. The van der Waals surface area contributed by atoms with Crippen LogP contribution in [-0.4, -0.2) is 84.9 Å². The van der Waals surface area contributed by atoms with Gasteiger partial charge >= 0.3 is 0 Å². The molecule has 10 nitrogen and oxygen atoms in total. The summed E-state index contributed by atoms with van der Waals surface area (Å²) in [6, 6.07) is 0.0818. The van der Waals surface area contributed by atoms with Gasteiger partial charge in [-0.15, -0.1) is 0 Å². The van der Waals surface area contributed by atoms with Crippen molar-refractivity contribution in [2.45, 2.75) is 38.1 Å². The Bertz CT molecular complexity index is 551. The number of hydrogen-bond donors (Lipinski definition) is 6. The molecule has 2 heterocycles. The third-order valence-corrected chi connectivity index (χ3v) is 4.83. The van der Waals surface area contributed by atoms with Gasteiger partial charge in [0.25, 0.3) is 0 Å². The molecule has 1 atom stereocenters. The molecule has 10 heteroatoms. The standard InChI is InChI=1S/C16H32N10/c1-21-16(23-13(17)18)26-10-6-7-12(11-26)22-14(19)24(2)15(20)25-8-4-3-5-9-25/h12,20H,3-11H2,1-2H3,(H2,19,22)(H4,17,18,21,23). The molecule has 7 N–H and O–H groups in total. The van der Waals surface area contributed by atoms with Crippen molar-refractivity contribution in [3.63, 3.8) is 0 Å². The van der Waals surface area contributed by atoms with Crippen LogP contribution in [0.15, 0.2) is 4.99 Å². The first-order valence-electron chi connectivity index (χ1n) is 9.17. The summed E-state index contributed by atoms with van der Waals surface area (Å²) in [6.45, 7) is 3.28. The largest absolute Gasteiger partial charge is 0.370 e. The molecule has 0 bridgehead atoms. The second kappa shape index (κ2) is 9.25. The van der Waals surface area contributed by atoms with E-state index in [1.165, 1.54) is 6.42 Å². The summed E-state index contributed by atoms with van der Waals surface area (Å²) in [7, 11) is 3.43. The summed E-state index contributed by atoms with van der Waals surface area (Å²) in [5, 5.41) is 30.1. The monoisotopic (exact) mass is 364 g/mol. The van der Waals surface area contributed by atoms with Crippen molar-refractivity contribution >= 4 is 23.8 Å². The van der Waals surface area contributed by atoms with Gasteiger partial charge in [-0.3, -0.25) is 31.4 Å². The average Bonchev–Trinajstić information content (AvgIpc) is 2.65. The Balaban J connectivity index is 1.89. The second-order valence-corrected chi connectivity index (χ2v) is 6.79. The maximum Gasteiger partial charge on any atom is 0.200 e. The highest BCUT2D eigenvalue weighted by Gasteiger charge is 2.25. The molecule has 0 aromatic heterocycles. The summed E-state index contributed by atoms with van der Waals surface area (Å²) in [6.07, 6.45) is 5.34. The summed E-state index contributed by atoms with van der Waals surface area (Å²) < 4.78 is 0. The number of nitrogens with one attached hydrogen (secondary N) is 5. The minimum Gasteiger partial charge on any atom is -0.370 e. The van der Waals surface area contributed by atoms with Crippen LogP contribution in [0, 0.1) is 16.2 Å². The molecule has 0 saturated carbocycles. The molecule has 0 aromatic carbocycles. The van der Waals surface area contributed by atoms with Gasteiger partial charge in [-0.25, -0.2) is 0 Å². The van der Waals surface area contributed by atoms with E-state index in [0.29, 0.717) is 18.5 Å². The van der Waals surface area contributed by atoms with E-state index in [1.807, 2.05) is 9.80 Å². The van der Waals surface area contributed by atoms with E-state index in [9.17, 15) is 0 Å². The quantitative estimate of drug-likeness (QED) is 0.281. The first-order valence-corrected chi connectivity index (χ1v) is 9.17. The maximum atomic E-state index is 8.35. The Morgan fingerprint density at radius 3 is 2.35 bits per heavy atom. The van der Waals surface area contributed by atoms with E-state index in [-0.39, 0.29) is 18.0 Å². The summed E-state index contributed by atoms with van der Waals surface area (Å²) in [5.74, 6) is 1.05. The van der Waals surface area contributed by atoms with Crippen molar-refractivity contribution < 1.29 is 0 Å². The minimum atomic E-state index is -0.136. The molecule has 2 aliphatic heterocycles. The van der Waals surface area contributed by atoms with Crippen molar-refractivity contribution in [1.82, 2.24) is 25.3 Å². The third kappa shape index (κ3) is 5.24. The van der Waals surface area contributed by atoms with E-state index in [2.05, 4.69) is 15.6 Å². The van der Waals surface area contributed by atoms with E-state index in [4.69, 9.17) is 22.0 Å². The van der Waals surface area contributed by atoms with Crippen LogP contribution in [0.3, 0.4) is 0 Å². The lowest BCUT2D eigenvalue weighted by Crippen LogP contribution is -2.57. The predicted molar refractivity (Wildman–Crippen MR) is 105 cm³/mol. The zero-order chi connectivity index (χ0) is 19.1. The fourth-order valence-corrected chi connectivity index (χ4v) is 3.40. The molecule has 26 heavy (non-hydrogen) atoms. The van der Waals surface area contributed by atoms with Gasteiger partial charge in [0.1, 0.15) is 0 Å². The first kappa shape index (κ1) is 19.8. The summed E-state index contributed by atoms with van der Waals surface area (Å²) in [5.41, 5.74) is 5.41. The van der Waals surface area contributed by atoms with Crippen molar-refractivity contribution in [1.29, 1.82) is 16.2 Å². The highest BCUT2D eigenvalue weighted by Crippen LogP contribution is 2.12. The second-order valence-electron chi connectivity index (χ2n) is 6.79. The number of guanidine groups is 4. The zero-order valence-corrected chi connectivity index (χ0v) is 15.8. The zero-order valence-electron chi connectivity index (χ0n) is 15.8. The normalized spacial score (nSPS) is 21.2. The Kier molecular flexibility index (Phi) is 7.05. The Morgan fingerprint density at radius 1 is 1.08 bits per heavy atom. The van der Waals surface area contributed by atoms with Crippen LogP contribution >= 0.6 is 0 Å². The van der Waals surface area contributed by atoms with E-state index in [1.54, 1.807) is 19.0 Å². The van der Waals surface area contributed by atoms with E-state index >= 15 is 0 Å². The van der Waals surface area contributed by atoms with Gasteiger partial charge in [-0.1, -0.05) is 0 Å². The van der Waals surface area contributed by atoms with Crippen LogP contribution < -0.4 is 16.4 Å². The van der Waals surface area contributed by atoms with Crippen LogP contribution in [0.4, 0.5) is 0 Å². The number of rotatable bonds is 1. The fraction of sp³-hybridized carbons (Fsp3) is 0.750. The molecular formula is C16H32N10. The Labute approximate surface area is 155 Å². The number of nitrogens with two attached hydrogens (primary N) is 1. The van der Waals surface area contributed by atoms with Gasteiger partial charge in [0.05, 0.1) is 0 Å². The van der Waals surface area contributed by atoms with Crippen LogP contribution in [-0.2, 0) is 0 Å². The van der Waals surface area contributed by atoms with Gasteiger partial charge in [0.15, 0.2) is 17.9 Å². The number of piperidine rings is 2. The summed E-state index contributed by atoms with van der Waals surface area (Å²) in [4.78, 5) is 9.84. The number of nitrogens with zero attached hydrogens (tertiary/aromatic N) is 4. The Morgan fingerprint density at radius 2 is 1.73 bits per heavy atom. The fourth-order valence-electron chi connectivity index (χ4n) is 3.40. The summed E-state index contributed by atoms with van der Waals surface area (Å²) >= 11 is 0. The van der Waals surface area contributed by atoms with Crippen molar-refractivity contribution in [2.24, 2.45) is 10.7 Å². The molecule has 1 unspecified atom stereocenters. The SMILES string of the molecule is C/N=C(/NC(=N)N)N1CCCC(NC(=N)N(C)C(=N)N2CCCCC2)C1. The molecule has 0 aliphatic carbocycles. The van der Waals surface area contributed by atoms with Crippen molar-refractivity contribution in [3.8, 4) is 0 Å². The van der Waals surface area contributed by atoms with E-state index < -0.39 is 0 Å². The van der Waals surface area contributed by atoms with E-state index in [0.717, 1.165) is 45.3 Å². The maximum absolute atomic E-state index is 8.35. The van der Waals surface area contributed by atoms with Gasteiger partial charge in [-0.05, 0) is 32.1 Å². The van der Waals surface area contributed by atoms with Gasteiger partial charge < -0.3 is 20.9 Å². The first-order chi connectivity index (χ1) is 12.4. The van der Waals surface area contributed by atoms with Crippen molar-refractivity contribution in [3.05, 3.63) is 0 Å². The third-order valence-electron chi connectivity index (χ3n) is 4.83. The molecule has 0 amide bonds. The van der Waals surface area contributed by atoms with Crippen LogP contribution in [0.1, 0.15) is 32.1 Å². The van der Waals surface area contributed by atoms with Gasteiger partial charge in [0, 0.05) is 46.3 Å². The Hall–Kier alpha value is -2.52. The lowest BCUT2D eigenvalue weighted by Gasteiger charge is -2.38. The van der Waals surface area contributed by atoms with Crippen molar-refractivity contribution in [2.75, 3.05) is 40.3 Å². The molecular weight excluding hydrogens is 332 g/mol. The highest BCUT2D eigenvalue weighted by molar-refractivity contribution is 5.97. The molecule has 2 fully saturated rings. The lowest BCUT2D eigenvalue weighted by molar-refractivity contribution is 0.283. The molecule has 0 spiro atoms. The predicted octanol–water partition coefficient (Wildman–Crippen LogP) is -0.203. The molecule has 0 radical (unpaired) electrons. The highest BCUT2D eigenvalue weighted by atomic mass is 15.4. The molecule has 2 rings (SSSR count). The average molecular weight is 365 g/mol. The molecule has 2 saturated heterocycles. The van der Waals surface area contributed by atoms with Gasteiger partial charge in [0.2, 0.25) is 5.96 Å². The van der Waals surface area contributed by atoms with Crippen LogP contribution in [0.25, 0.3) is 0 Å². The molecule has 146 valence electrons. The van der Waals surface area contributed by atoms with Crippen LogP contribution in [0.5, 0.6) is 0 Å². The topological polar surface area (TPSA) is 144 Å². The van der Waals surface area contributed by atoms with Gasteiger partial charge in [-0.2, -0.15) is 0 Å². The number of aliphatic imine (C=N–C) groups is 1. The minimum absolute atomic E-state index is 0.0818. The molecule has 0 aromatic rings. The molecule has 2 aliphatic rings. The number of hydrogen-bond acceptors (Lipinski definition) is 4.